The molecule has 1 rings (SSSR count). The van der Waals surface area contributed by atoms with E-state index in [4.69, 9.17) is 10.5 Å². The summed E-state index contributed by atoms with van der Waals surface area (Å²) in [5, 5.41) is 2.90. The van der Waals surface area contributed by atoms with Gasteiger partial charge in [-0.05, 0) is 62.6 Å². The molecule has 0 saturated heterocycles. The highest BCUT2D eigenvalue weighted by atomic mass is 16.5. The van der Waals surface area contributed by atoms with Gasteiger partial charge in [0.15, 0.2) is 0 Å². The Morgan fingerprint density at radius 3 is 2.31 bits per heavy atom. The van der Waals surface area contributed by atoms with Crippen molar-refractivity contribution in [3.63, 3.8) is 0 Å². The SMILES string of the molecule is C=C/C(C)=C(\C=C)Oc1ccc(CNC(=O)C(/C=C\C=C(C)CC)=C(/C)N)cc1. The smallest absolute Gasteiger partial charge is 0.253 e. The van der Waals surface area contributed by atoms with E-state index < -0.39 is 0 Å². The molecule has 3 N–H and O–H groups in total. The first kappa shape index (κ1) is 23.8. The molecule has 1 aromatic rings. The third-order valence-corrected chi connectivity index (χ3v) is 4.36. The Hall–Kier alpha value is -3.27. The van der Waals surface area contributed by atoms with E-state index in [1.54, 1.807) is 25.2 Å². The lowest BCUT2D eigenvalue weighted by atomic mass is 10.1. The van der Waals surface area contributed by atoms with E-state index in [2.05, 4.69) is 25.4 Å². The lowest BCUT2D eigenvalue weighted by Crippen LogP contribution is -2.25. The summed E-state index contributed by atoms with van der Waals surface area (Å²) >= 11 is 0. The second kappa shape index (κ2) is 12.2. The molecule has 0 fully saturated rings. The standard InChI is InChI=1S/C25H32N2O2/c1-7-18(4)11-10-12-23(20(6)26)25(28)27-17-21-13-15-22(16-14-21)29-24(9-3)19(5)8-2/h8-16H,2-3,7,17,26H2,1,4-6H3,(H,27,28)/b12-10-,18-11?,23-20-,24-19+. The van der Waals surface area contributed by atoms with Crippen LogP contribution in [0.5, 0.6) is 5.75 Å². The molecular weight excluding hydrogens is 360 g/mol. The quantitative estimate of drug-likeness (QED) is 0.315. The highest BCUT2D eigenvalue weighted by Gasteiger charge is 2.08. The molecule has 0 aliphatic rings. The van der Waals surface area contributed by atoms with Gasteiger partial charge in [0.05, 0.1) is 5.57 Å². The Balaban J connectivity index is 2.77. The Bertz CT molecular complexity index is 849. The van der Waals surface area contributed by atoms with Crippen LogP contribution in [0.3, 0.4) is 0 Å². The van der Waals surface area contributed by atoms with Gasteiger partial charge in [-0.25, -0.2) is 0 Å². The first-order valence-electron chi connectivity index (χ1n) is 9.63. The molecule has 0 saturated carbocycles. The topological polar surface area (TPSA) is 64.3 Å². The number of amides is 1. The number of carbonyl (C=O) groups excluding carboxylic acids is 1. The summed E-state index contributed by atoms with van der Waals surface area (Å²) in [5.74, 6) is 1.14. The van der Waals surface area contributed by atoms with Gasteiger partial charge in [0.2, 0.25) is 0 Å². The molecule has 0 heterocycles. The Kier molecular flexibility index (Phi) is 10.0. The summed E-state index contributed by atoms with van der Waals surface area (Å²) < 4.78 is 5.80. The number of benzene rings is 1. The summed E-state index contributed by atoms with van der Waals surface area (Å²) in [7, 11) is 0. The second-order valence-electron chi connectivity index (χ2n) is 6.71. The van der Waals surface area contributed by atoms with Crippen LogP contribution in [0.15, 0.2) is 96.0 Å². The minimum absolute atomic E-state index is 0.206. The zero-order chi connectivity index (χ0) is 21.8. The van der Waals surface area contributed by atoms with Gasteiger partial charge >= 0.3 is 0 Å². The molecule has 29 heavy (non-hydrogen) atoms. The van der Waals surface area contributed by atoms with Gasteiger partial charge < -0.3 is 15.8 Å². The normalized spacial score (nSPS) is 13.4. The summed E-state index contributed by atoms with van der Waals surface area (Å²) in [6, 6.07) is 7.51. The summed E-state index contributed by atoms with van der Waals surface area (Å²) in [6.07, 6.45) is 9.92. The molecule has 0 atom stereocenters. The van der Waals surface area contributed by atoms with Crippen molar-refractivity contribution in [2.45, 2.75) is 40.7 Å². The fourth-order valence-corrected chi connectivity index (χ4v) is 2.28. The van der Waals surface area contributed by atoms with Crippen molar-refractivity contribution in [3.8, 4) is 5.75 Å². The van der Waals surface area contributed by atoms with Gasteiger partial charge in [-0.2, -0.15) is 0 Å². The molecule has 4 heteroatoms. The van der Waals surface area contributed by atoms with Crippen molar-refractivity contribution in [1.82, 2.24) is 5.32 Å². The maximum Gasteiger partial charge on any atom is 0.253 e. The molecule has 0 aliphatic carbocycles. The lowest BCUT2D eigenvalue weighted by Gasteiger charge is -2.10. The molecule has 0 aliphatic heterocycles. The Labute approximate surface area is 174 Å². The average Bonchev–Trinajstić information content (AvgIpc) is 2.73. The van der Waals surface area contributed by atoms with Crippen LogP contribution in [-0.4, -0.2) is 5.91 Å². The van der Waals surface area contributed by atoms with Crippen molar-refractivity contribution < 1.29 is 9.53 Å². The number of nitrogens with two attached hydrogens (primary N) is 1. The average molecular weight is 393 g/mol. The largest absolute Gasteiger partial charge is 0.457 e. The molecule has 4 nitrogen and oxygen atoms in total. The molecule has 0 bridgehead atoms. The van der Waals surface area contributed by atoms with Crippen LogP contribution < -0.4 is 15.8 Å². The maximum absolute atomic E-state index is 12.5. The number of rotatable bonds is 10. The molecule has 0 radical (unpaired) electrons. The van der Waals surface area contributed by atoms with Crippen LogP contribution in [-0.2, 0) is 11.3 Å². The number of allylic oxidation sites excluding steroid dienone is 7. The number of carbonyl (C=O) groups is 1. The minimum Gasteiger partial charge on any atom is -0.457 e. The van der Waals surface area contributed by atoms with Crippen LogP contribution in [0.25, 0.3) is 0 Å². The summed E-state index contributed by atoms with van der Waals surface area (Å²) in [5.41, 5.74) is 9.92. The van der Waals surface area contributed by atoms with Crippen molar-refractivity contribution in [1.29, 1.82) is 0 Å². The van der Waals surface area contributed by atoms with E-state index in [0.717, 1.165) is 17.6 Å². The molecular formula is C25H32N2O2. The zero-order valence-electron chi connectivity index (χ0n) is 17.9. The van der Waals surface area contributed by atoms with Crippen molar-refractivity contribution in [2.24, 2.45) is 5.73 Å². The van der Waals surface area contributed by atoms with Crippen molar-refractivity contribution in [2.75, 3.05) is 0 Å². The van der Waals surface area contributed by atoms with Crippen molar-refractivity contribution >= 4 is 5.91 Å². The maximum atomic E-state index is 12.5. The first-order valence-corrected chi connectivity index (χ1v) is 9.63. The van der Waals surface area contributed by atoms with E-state index >= 15 is 0 Å². The van der Waals surface area contributed by atoms with E-state index in [1.165, 1.54) is 5.57 Å². The first-order chi connectivity index (χ1) is 13.8. The predicted molar refractivity (Wildman–Crippen MR) is 122 cm³/mol. The number of ether oxygens (including phenoxy) is 1. The van der Waals surface area contributed by atoms with E-state index in [-0.39, 0.29) is 5.91 Å². The Morgan fingerprint density at radius 1 is 1.14 bits per heavy atom. The van der Waals surface area contributed by atoms with Gasteiger partial charge in [0.25, 0.3) is 5.91 Å². The van der Waals surface area contributed by atoms with Gasteiger partial charge in [0, 0.05) is 12.2 Å². The number of hydrogen-bond acceptors (Lipinski definition) is 3. The minimum atomic E-state index is -0.206. The van der Waals surface area contributed by atoms with Crippen molar-refractivity contribution in [3.05, 3.63) is 102 Å². The molecule has 154 valence electrons. The van der Waals surface area contributed by atoms with E-state index in [1.807, 2.05) is 50.3 Å². The molecule has 1 amide bonds. The van der Waals surface area contributed by atoms with E-state index in [0.29, 0.717) is 29.3 Å². The van der Waals surface area contributed by atoms with Crippen LogP contribution in [0.2, 0.25) is 0 Å². The second-order valence-corrected chi connectivity index (χ2v) is 6.71. The molecule has 0 spiro atoms. The Morgan fingerprint density at radius 2 is 1.79 bits per heavy atom. The fraction of sp³-hybridized carbons (Fsp3) is 0.240. The highest BCUT2D eigenvalue weighted by Crippen LogP contribution is 2.18. The summed E-state index contributed by atoms with van der Waals surface area (Å²) in [4.78, 5) is 12.5. The summed E-state index contributed by atoms with van der Waals surface area (Å²) in [6.45, 7) is 15.6. The highest BCUT2D eigenvalue weighted by molar-refractivity contribution is 5.96. The van der Waals surface area contributed by atoms with Crippen LogP contribution in [0.4, 0.5) is 0 Å². The van der Waals surface area contributed by atoms with Crippen LogP contribution >= 0.6 is 0 Å². The third kappa shape index (κ3) is 8.09. The lowest BCUT2D eigenvalue weighted by molar-refractivity contribution is -0.117. The monoisotopic (exact) mass is 392 g/mol. The van der Waals surface area contributed by atoms with E-state index in [9.17, 15) is 4.79 Å². The molecule has 0 aromatic heterocycles. The molecule has 1 aromatic carbocycles. The molecule has 0 unspecified atom stereocenters. The van der Waals surface area contributed by atoms with Crippen LogP contribution in [0, 0.1) is 0 Å². The van der Waals surface area contributed by atoms with Gasteiger partial charge in [0.1, 0.15) is 11.5 Å². The van der Waals surface area contributed by atoms with Gasteiger partial charge in [-0.1, -0.05) is 56.0 Å². The van der Waals surface area contributed by atoms with Crippen LogP contribution in [0.1, 0.15) is 39.7 Å². The van der Waals surface area contributed by atoms with Gasteiger partial charge in [-0.15, -0.1) is 0 Å². The van der Waals surface area contributed by atoms with Gasteiger partial charge in [-0.3, -0.25) is 4.79 Å². The number of nitrogens with one attached hydrogen (secondary N) is 1. The number of hydrogen-bond donors (Lipinski definition) is 2. The fourth-order valence-electron chi connectivity index (χ4n) is 2.28. The third-order valence-electron chi connectivity index (χ3n) is 4.36. The predicted octanol–water partition coefficient (Wildman–Crippen LogP) is 5.47. The zero-order valence-corrected chi connectivity index (χ0v) is 17.9.